The zero-order valence-electron chi connectivity index (χ0n) is 16.8. The number of halogens is 1. The average molecular weight is 426 g/mol. The Labute approximate surface area is 212 Å². The molecule has 2 fully saturated rings. The molecule has 12 heteroatoms. The van der Waals surface area contributed by atoms with Crippen LogP contribution in [0.2, 0.25) is 6.32 Å². The predicted molar refractivity (Wildman–Crippen MR) is 92.3 cm³/mol. The van der Waals surface area contributed by atoms with Crippen molar-refractivity contribution in [3.05, 3.63) is 23.3 Å². The van der Waals surface area contributed by atoms with Crippen LogP contribution in [0.3, 0.4) is 0 Å². The average Bonchev–Trinajstić information content (AvgIpc) is 2.96. The molecule has 0 radical (unpaired) electrons. The van der Waals surface area contributed by atoms with Gasteiger partial charge < -0.3 is 34.7 Å². The number of rotatable bonds is 5. The van der Waals surface area contributed by atoms with Gasteiger partial charge in [-0.05, 0) is 24.5 Å². The summed E-state index contributed by atoms with van der Waals surface area (Å²) >= 11 is 0. The van der Waals surface area contributed by atoms with Crippen molar-refractivity contribution in [2.75, 3.05) is 26.2 Å². The largest absolute Gasteiger partial charge is 1.00 e. The van der Waals surface area contributed by atoms with Crippen molar-refractivity contribution in [3.63, 3.8) is 0 Å². The molecule has 8 nitrogen and oxygen atoms in total. The van der Waals surface area contributed by atoms with Crippen molar-refractivity contribution in [3.8, 4) is 11.5 Å². The van der Waals surface area contributed by atoms with Crippen LogP contribution in [0.15, 0.2) is 12.1 Å². The summed E-state index contributed by atoms with van der Waals surface area (Å²) in [5.41, 5.74) is 0.281. The number of alkyl halides is 1. The fraction of sp³-hybridized carbons (Fsp3) is 0.588. The van der Waals surface area contributed by atoms with E-state index in [2.05, 4.69) is 10.2 Å². The third kappa shape index (κ3) is 5.88. The molecule has 29 heavy (non-hydrogen) atoms. The summed E-state index contributed by atoms with van der Waals surface area (Å²) < 4.78 is 24.1. The van der Waals surface area contributed by atoms with Gasteiger partial charge in [0.05, 0.1) is 17.3 Å². The van der Waals surface area contributed by atoms with Crippen LogP contribution in [0.4, 0.5) is 4.39 Å². The van der Waals surface area contributed by atoms with Crippen molar-refractivity contribution >= 4 is 12.7 Å². The molecule has 0 unspecified atom stereocenters. The van der Waals surface area contributed by atoms with Crippen molar-refractivity contribution in [2.24, 2.45) is 0 Å². The van der Waals surface area contributed by atoms with Crippen LogP contribution in [0.1, 0.15) is 22.3 Å². The number of benzene rings is 1. The normalized spacial score (nSPS) is 25.6. The Hall–Kier alpha value is 0.125. The first-order valence-electron chi connectivity index (χ1n) is 9.24. The second-order valence-corrected chi connectivity index (χ2v) is 7.63. The number of carboxylic acid groups (broad SMARTS) is 1. The van der Waals surface area contributed by atoms with Crippen LogP contribution in [-0.2, 0) is 6.42 Å². The molecule has 3 aliphatic heterocycles. The number of hydrogen-bond acceptors (Lipinski definition) is 8. The number of ether oxygens (including phenoxy) is 1. The van der Waals surface area contributed by atoms with Gasteiger partial charge in [-0.3, -0.25) is 4.90 Å². The van der Waals surface area contributed by atoms with E-state index in [1.165, 1.54) is 0 Å². The maximum Gasteiger partial charge on any atom is 1.00 e. The molecule has 1 aromatic rings. The second-order valence-electron chi connectivity index (χ2n) is 7.63. The van der Waals surface area contributed by atoms with E-state index in [1.807, 2.05) is 0 Å². The van der Waals surface area contributed by atoms with Gasteiger partial charge in [0.2, 0.25) is 0 Å². The molecule has 4 rings (SSSR count). The Morgan fingerprint density at radius 2 is 2.10 bits per heavy atom. The first-order valence-corrected chi connectivity index (χ1v) is 9.24. The van der Waals surface area contributed by atoms with Crippen LogP contribution in [-0.4, -0.2) is 72.2 Å². The Morgan fingerprint density at radius 3 is 2.72 bits per heavy atom. The summed E-state index contributed by atoms with van der Waals surface area (Å²) in [4.78, 5) is 13.8. The molecule has 0 bridgehead atoms. The molecule has 2 atom stereocenters. The number of likely N-dealkylation sites (tertiary alicyclic amines) is 1. The number of carboxylic acids is 1. The van der Waals surface area contributed by atoms with Crippen molar-refractivity contribution in [2.45, 2.75) is 37.5 Å². The number of nitrogens with one attached hydrogen (secondary N) is 1. The molecule has 3 aliphatic rings. The van der Waals surface area contributed by atoms with Crippen molar-refractivity contribution in [1.82, 2.24) is 10.2 Å². The van der Waals surface area contributed by atoms with Gasteiger partial charge in [-0.2, -0.15) is 0 Å². The molecule has 3 heterocycles. The van der Waals surface area contributed by atoms with Gasteiger partial charge in [-0.15, -0.1) is 0 Å². The number of fused-ring (bicyclic) bond motifs is 1. The first kappa shape index (κ1) is 25.4. The van der Waals surface area contributed by atoms with Gasteiger partial charge in [0.15, 0.2) is 0 Å². The molecule has 0 saturated carbocycles. The molecular weight excluding hydrogens is 404 g/mol. The molecule has 0 amide bonds. The fourth-order valence-electron chi connectivity index (χ4n) is 3.97. The predicted octanol–water partition coefficient (Wildman–Crippen LogP) is -7.32. The zero-order chi connectivity index (χ0) is 19.2. The number of carbonyl (C=O) groups excluding carboxylic acids is 1. The summed E-state index contributed by atoms with van der Waals surface area (Å²) in [7, 11) is 0. The summed E-state index contributed by atoms with van der Waals surface area (Å²) in [5.74, 6) is -1.49. The molecule has 0 aromatic heterocycles. The molecule has 3 N–H and O–H groups in total. The van der Waals surface area contributed by atoms with Crippen LogP contribution < -0.4 is 78.9 Å². The summed E-state index contributed by atoms with van der Waals surface area (Å²) in [6.45, 7) is -0.761. The van der Waals surface area contributed by atoms with E-state index in [1.54, 1.807) is 12.1 Å². The number of aryl methyl sites for hydroxylation is 1. The van der Waals surface area contributed by atoms with E-state index >= 15 is 0 Å². The minimum Gasteiger partial charge on any atom is -0.669 e. The Bertz CT molecular complexity index is 753. The standard InChI is InChI=1S/C17H23BFN2O6.2Na/c19-11-5-12(20-6-11)7-21-8-13(9-21)26-14-2-1-10-3-4-18(24,25)27-16(10)15(14)17(22)23;;/h1-2,11-13,20,24-25H,3-9H2,(H,22,23);;/q-1;2*+1/p-1/t11-,12-;;/m0../s1. The van der Waals surface area contributed by atoms with Gasteiger partial charge in [0.1, 0.15) is 18.0 Å². The molecule has 0 aliphatic carbocycles. The van der Waals surface area contributed by atoms with E-state index in [9.17, 15) is 24.3 Å². The summed E-state index contributed by atoms with van der Waals surface area (Å²) in [6, 6.07) is 3.35. The fourth-order valence-corrected chi connectivity index (χ4v) is 3.97. The van der Waals surface area contributed by atoms with E-state index < -0.39 is 18.9 Å². The van der Waals surface area contributed by atoms with E-state index in [0.717, 1.165) is 6.54 Å². The molecule has 0 spiro atoms. The molecular formula is C17H22BFN2Na2O6. The van der Waals surface area contributed by atoms with Gasteiger partial charge in [0, 0.05) is 32.2 Å². The Balaban J connectivity index is 0.00000150. The van der Waals surface area contributed by atoms with E-state index in [0.29, 0.717) is 38.0 Å². The monoisotopic (exact) mass is 426 g/mol. The van der Waals surface area contributed by atoms with Gasteiger partial charge in [0.25, 0.3) is 0 Å². The van der Waals surface area contributed by atoms with Gasteiger partial charge in [-0.1, -0.05) is 12.4 Å². The van der Waals surface area contributed by atoms with Gasteiger partial charge in [-0.25, -0.2) is 4.39 Å². The van der Waals surface area contributed by atoms with E-state index in [-0.39, 0.29) is 94.6 Å². The zero-order valence-corrected chi connectivity index (χ0v) is 20.8. The van der Waals surface area contributed by atoms with Crippen molar-refractivity contribution < 1.29 is 92.8 Å². The SMILES string of the molecule is O=C([O-])c1c(OC2CN(C[C@@H]3C[C@H](F)CN3)C2)ccc2c1O[B-](O)(O)CC2.[Na+].[Na+]. The molecule has 148 valence electrons. The van der Waals surface area contributed by atoms with Gasteiger partial charge >= 0.3 is 65.9 Å². The van der Waals surface area contributed by atoms with Crippen LogP contribution in [0.25, 0.3) is 0 Å². The maximum atomic E-state index is 13.2. The van der Waals surface area contributed by atoms with E-state index in [4.69, 9.17) is 9.39 Å². The Kier molecular flexibility index (Phi) is 8.90. The van der Waals surface area contributed by atoms with Crippen molar-refractivity contribution in [1.29, 1.82) is 0 Å². The number of carbonyl (C=O) groups is 1. The van der Waals surface area contributed by atoms with Crippen LogP contribution in [0, 0.1) is 0 Å². The number of hydrogen-bond donors (Lipinski definition) is 3. The van der Waals surface area contributed by atoms with Crippen LogP contribution >= 0.6 is 0 Å². The first-order chi connectivity index (χ1) is 12.8. The third-order valence-electron chi connectivity index (χ3n) is 5.37. The van der Waals surface area contributed by atoms with Crippen LogP contribution in [0.5, 0.6) is 11.5 Å². The summed E-state index contributed by atoms with van der Waals surface area (Å²) in [5, 5.41) is 34.3. The molecule has 1 aromatic carbocycles. The third-order valence-corrected chi connectivity index (χ3v) is 5.37. The number of aromatic carboxylic acids is 1. The second kappa shape index (κ2) is 10.2. The smallest absolute Gasteiger partial charge is 0.669 e. The minimum atomic E-state index is -3.08. The minimum absolute atomic E-state index is 0. The maximum absolute atomic E-state index is 13.2. The topological polar surface area (TPSA) is 114 Å². The molecule has 2 saturated heterocycles. The quantitative estimate of drug-likeness (QED) is 0.398. The number of nitrogens with zero attached hydrogens (tertiary/aromatic N) is 1. The Morgan fingerprint density at radius 1 is 1.38 bits per heavy atom. The summed E-state index contributed by atoms with van der Waals surface area (Å²) in [6.07, 6.45) is -0.191.